The van der Waals surface area contributed by atoms with E-state index in [1.165, 1.54) is 11.9 Å². The zero-order chi connectivity index (χ0) is 18.9. The van der Waals surface area contributed by atoms with Gasteiger partial charge in [0.05, 0.1) is 18.2 Å². The van der Waals surface area contributed by atoms with Crippen molar-refractivity contribution in [3.8, 4) is 11.1 Å². The molecule has 0 radical (unpaired) electrons. The van der Waals surface area contributed by atoms with E-state index in [9.17, 15) is 18.0 Å². The fourth-order valence-electron chi connectivity index (χ4n) is 2.92. The SMILES string of the molecule is CN(C(=O)C1CN=NC1C(F)(F)F)c1ccccc1-c1ccc(Cl)cc1. The van der Waals surface area contributed by atoms with Crippen LogP contribution in [0, 0.1) is 5.92 Å². The van der Waals surface area contributed by atoms with Crippen LogP contribution in [0.4, 0.5) is 18.9 Å². The Morgan fingerprint density at radius 3 is 2.46 bits per heavy atom. The van der Waals surface area contributed by atoms with E-state index in [2.05, 4.69) is 10.2 Å². The topological polar surface area (TPSA) is 45.0 Å². The molecule has 0 spiro atoms. The number of azo groups is 1. The van der Waals surface area contributed by atoms with E-state index in [0.717, 1.165) is 11.1 Å². The van der Waals surface area contributed by atoms with Gasteiger partial charge in [-0.3, -0.25) is 4.79 Å². The Labute approximate surface area is 153 Å². The van der Waals surface area contributed by atoms with E-state index in [1.807, 2.05) is 0 Å². The fourth-order valence-corrected chi connectivity index (χ4v) is 3.04. The standard InChI is InChI=1S/C18H15ClF3N3O/c1-25(17(26)14-10-23-24-16(14)18(20,21)22)15-5-3-2-4-13(15)11-6-8-12(19)9-7-11/h2-9,14,16H,10H2,1H3. The van der Waals surface area contributed by atoms with Crippen LogP contribution in [-0.2, 0) is 4.79 Å². The first-order valence-corrected chi connectivity index (χ1v) is 8.22. The molecule has 2 aromatic rings. The third-order valence-corrected chi connectivity index (χ3v) is 4.52. The highest BCUT2D eigenvalue weighted by atomic mass is 35.5. The molecule has 2 aromatic carbocycles. The first-order chi connectivity index (χ1) is 12.3. The zero-order valence-corrected chi connectivity index (χ0v) is 14.5. The molecular formula is C18H15ClF3N3O. The van der Waals surface area contributed by atoms with Crippen molar-refractivity contribution in [3.63, 3.8) is 0 Å². The number of para-hydroxylation sites is 1. The molecule has 4 nitrogen and oxygen atoms in total. The summed E-state index contributed by atoms with van der Waals surface area (Å²) in [7, 11) is 1.46. The number of nitrogens with zero attached hydrogens (tertiary/aromatic N) is 3. The van der Waals surface area contributed by atoms with Crippen LogP contribution in [-0.4, -0.2) is 31.7 Å². The summed E-state index contributed by atoms with van der Waals surface area (Å²) in [6.45, 7) is -0.267. The van der Waals surface area contributed by atoms with Gasteiger partial charge < -0.3 is 4.90 Å². The zero-order valence-electron chi connectivity index (χ0n) is 13.7. The summed E-state index contributed by atoms with van der Waals surface area (Å²) in [6, 6.07) is 11.9. The van der Waals surface area contributed by atoms with Crippen molar-refractivity contribution in [2.75, 3.05) is 18.5 Å². The average Bonchev–Trinajstić information content (AvgIpc) is 3.11. The van der Waals surface area contributed by atoms with E-state index in [4.69, 9.17) is 11.6 Å². The van der Waals surface area contributed by atoms with Crippen LogP contribution in [0.3, 0.4) is 0 Å². The minimum absolute atomic E-state index is 0.267. The second-order valence-electron chi connectivity index (χ2n) is 5.95. The molecule has 2 atom stereocenters. The monoisotopic (exact) mass is 381 g/mol. The molecule has 1 heterocycles. The lowest BCUT2D eigenvalue weighted by molar-refractivity contribution is -0.160. The Hall–Kier alpha value is -2.41. The lowest BCUT2D eigenvalue weighted by atomic mass is 9.98. The summed E-state index contributed by atoms with van der Waals surface area (Å²) in [5, 5.41) is 7.22. The average molecular weight is 382 g/mol. The molecule has 1 amide bonds. The Bertz CT molecular complexity index is 836. The molecule has 1 aliphatic rings. The summed E-state index contributed by atoms with van der Waals surface area (Å²) < 4.78 is 39.2. The van der Waals surface area contributed by atoms with Gasteiger partial charge in [-0.05, 0) is 23.8 Å². The number of alkyl halides is 3. The summed E-state index contributed by atoms with van der Waals surface area (Å²) in [5.74, 6) is -2.02. The minimum Gasteiger partial charge on any atom is -0.314 e. The van der Waals surface area contributed by atoms with Gasteiger partial charge >= 0.3 is 6.18 Å². The van der Waals surface area contributed by atoms with Gasteiger partial charge in [-0.15, -0.1) is 0 Å². The number of hydrogen-bond acceptors (Lipinski definition) is 3. The molecule has 8 heteroatoms. The molecule has 0 aromatic heterocycles. The van der Waals surface area contributed by atoms with Crippen LogP contribution in [0.15, 0.2) is 58.8 Å². The van der Waals surface area contributed by atoms with Crippen molar-refractivity contribution in [2.45, 2.75) is 12.2 Å². The second kappa shape index (κ2) is 7.07. The van der Waals surface area contributed by atoms with Gasteiger partial charge in [-0.1, -0.05) is 41.9 Å². The van der Waals surface area contributed by atoms with Gasteiger partial charge in [-0.25, -0.2) is 0 Å². The predicted molar refractivity (Wildman–Crippen MR) is 93.4 cm³/mol. The third kappa shape index (κ3) is 3.58. The van der Waals surface area contributed by atoms with Gasteiger partial charge in [-0.2, -0.15) is 23.4 Å². The fraction of sp³-hybridized carbons (Fsp3) is 0.278. The van der Waals surface area contributed by atoms with E-state index in [1.54, 1.807) is 48.5 Å². The number of benzene rings is 2. The molecule has 3 rings (SSSR count). The lowest BCUT2D eigenvalue weighted by Gasteiger charge is -2.26. The summed E-state index contributed by atoms with van der Waals surface area (Å²) >= 11 is 5.90. The molecule has 2 unspecified atom stereocenters. The number of carbonyl (C=O) groups excluding carboxylic acids is 1. The largest absolute Gasteiger partial charge is 0.413 e. The first kappa shape index (κ1) is 18.4. The van der Waals surface area contributed by atoms with Crippen LogP contribution in [0.25, 0.3) is 11.1 Å². The Morgan fingerprint density at radius 2 is 1.81 bits per heavy atom. The number of amides is 1. The van der Waals surface area contributed by atoms with Crippen molar-refractivity contribution in [2.24, 2.45) is 16.1 Å². The maximum atomic E-state index is 13.1. The predicted octanol–water partition coefficient (Wildman–Crippen LogP) is 4.98. The number of carbonyl (C=O) groups is 1. The minimum atomic E-state index is -4.60. The second-order valence-corrected chi connectivity index (χ2v) is 6.39. The maximum absolute atomic E-state index is 13.1. The third-order valence-electron chi connectivity index (χ3n) is 4.27. The van der Waals surface area contributed by atoms with Gasteiger partial charge in [0, 0.05) is 17.6 Å². The van der Waals surface area contributed by atoms with Crippen LogP contribution in [0.5, 0.6) is 0 Å². The summed E-state index contributed by atoms with van der Waals surface area (Å²) in [5.41, 5.74) is 2.03. The van der Waals surface area contributed by atoms with Crippen LogP contribution in [0.2, 0.25) is 5.02 Å². The van der Waals surface area contributed by atoms with Crippen molar-refractivity contribution in [1.29, 1.82) is 0 Å². The van der Waals surface area contributed by atoms with Gasteiger partial charge in [0.2, 0.25) is 5.91 Å². The van der Waals surface area contributed by atoms with Crippen LogP contribution < -0.4 is 4.90 Å². The van der Waals surface area contributed by atoms with Crippen molar-refractivity contribution in [3.05, 3.63) is 53.6 Å². The first-order valence-electron chi connectivity index (χ1n) is 7.85. The van der Waals surface area contributed by atoms with E-state index in [0.29, 0.717) is 10.7 Å². The van der Waals surface area contributed by atoms with E-state index >= 15 is 0 Å². The molecule has 0 N–H and O–H groups in total. The summed E-state index contributed by atoms with van der Waals surface area (Å²) in [4.78, 5) is 14.0. The van der Waals surface area contributed by atoms with Gasteiger partial charge in [0.15, 0.2) is 6.04 Å². The molecule has 0 bridgehead atoms. The number of hydrogen-bond donors (Lipinski definition) is 0. The molecule has 0 aliphatic carbocycles. The lowest BCUT2D eigenvalue weighted by Crippen LogP contribution is -2.43. The highest BCUT2D eigenvalue weighted by Crippen LogP contribution is 2.36. The van der Waals surface area contributed by atoms with Gasteiger partial charge in [0.25, 0.3) is 0 Å². The quantitative estimate of drug-likeness (QED) is 0.739. The normalized spacial score (nSPS) is 19.6. The van der Waals surface area contributed by atoms with Crippen LogP contribution >= 0.6 is 11.6 Å². The van der Waals surface area contributed by atoms with Crippen molar-refractivity contribution in [1.82, 2.24) is 0 Å². The van der Waals surface area contributed by atoms with Crippen molar-refractivity contribution < 1.29 is 18.0 Å². The molecule has 1 aliphatic heterocycles. The molecular weight excluding hydrogens is 367 g/mol. The van der Waals surface area contributed by atoms with E-state index in [-0.39, 0.29) is 6.54 Å². The maximum Gasteiger partial charge on any atom is 0.413 e. The highest BCUT2D eigenvalue weighted by Gasteiger charge is 2.51. The molecule has 26 heavy (non-hydrogen) atoms. The number of rotatable bonds is 3. The van der Waals surface area contributed by atoms with Crippen LogP contribution in [0.1, 0.15) is 0 Å². The molecule has 0 fully saturated rings. The summed E-state index contributed by atoms with van der Waals surface area (Å²) in [6.07, 6.45) is -4.60. The highest BCUT2D eigenvalue weighted by molar-refractivity contribution is 6.30. The number of halogens is 4. The molecule has 0 saturated heterocycles. The Morgan fingerprint density at radius 1 is 1.15 bits per heavy atom. The van der Waals surface area contributed by atoms with E-state index < -0.39 is 24.0 Å². The smallest absolute Gasteiger partial charge is 0.314 e. The number of anilines is 1. The Balaban J connectivity index is 1.92. The van der Waals surface area contributed by atoms with Gasteiger partial charge in [0.1, 0.15) is 0 Å². The Kier molecular flexibility index (Phi) is 5.00. The molecule has 136 valence electrons. The van der Waals surface area contributed by atoms with Crippen molar-refractivity contribution >= 4 is 23.2 Å². The molecule has 0 saturated carbocycles.